The summed E-state index contributed by atoms with van der Waals surface area (Å²) in [5.41, 5.74) is 1.42. The van der Waals surface area contributed by atoms with Crippen LogP contribution in [0, 0.1) is 0 Å². The topological polar surface area (TPSA) is 97.9 Å². The first kappa shape index (κ1) is 17.8. The SMILES string of the molecule is C=C(C)CN1C(=O)C2C(=NC3=[N+]2CC(C)=NN3CC(=O)OC)N(C)C1=O. The van der Waals surface area contributed by atoms with E-state index in [0.29, 0.717) is 29.6 Å². The summed E-state index contributed by atoms with van der Waals surface area (Å²) in [5.74, 6) is -0.165. The molecule has 26 heavy (non-hydrogen) atoms. The van der Waals surface area contributed by atoms with Crippen molar-refractivity contribution in [1.29, 1.82) is 0 Å². The van der Waals surface area contributed by atoms with E-state index in [0.717, 1.165) is 0 Å². The molecule has 0 aromatic carbocycles. The van der Waals surface area contributed by atoms with Gasteiger partial charge in [-0.15, -0.1) is 10.1 Å². The van der Waals surface area contributed by atoms with Crippen LogP contribution in [0.3, 0.4) is 0 Å². The summed E-state index contributed by atoms with van der Waals surface area (Å²) in [5, 5.41) is 5.72. The molecule has 0 aliphatic carbocycles. The maximum Gasteiger partial charge on any atom is 0.417 e. The number of amidine groups is 1. The Morgan fingerprint density at radius 2 is 2.08 bits per heavy atom. The van der Waals surface area contributed by atoms with Crippen LogP contribution >= 0.6 is 0 Å². The van der Waals surface area contributed by atoms with E-state index >= 15 is 0 Å². The normalized spacial score (nSPS) is 22.2. The van der Waals surface area contributed by atoms with Crippen molar-refractivity contribution in [3.05, 3.63) is 12.2 Å². The van der Waals surface area contributed by atoms with Crippen LogP contribution in [-0.2, 0) is 14.3 Å². The Kier molecular flexibility index (Phi) is 4.34. The minimum atomic E-state index is -0.738. The summed E-state index contributed by atoms with van der Waals surface area (Å²) in [7, 11) is 2.86. The molecular formula is C16H21N6O4+. The molecule has 3 rings (SSSR count). The van der Waals surface area contributed by atoms with E-state index in [1.807, 2.05) is 0 Å². The zero-order chi connectivity index (χ0) is 19.2. The predicted molar refractivity (Wildman–Crippen MR) is 92.9 cm³/mol. The number of fused-ring (bicyclic) bond motifs is 2. The number of amides is 3. The van der Waals surface area contributed by atoms with E-state index in [4.69, 9.17) is 4.74 Å². The first-order valence-corrected chi connectivity index (χ1v) is 8.08. The minimum absolute atomic E-state index is 0.134. The Morgan fingerprint density at radius 3 is 2.69 bits per heavy atom. The number of hydrazone groups is 1. The van der Waals surface area contributed by atoms with Gasteiger partial charge < -0.3 is 4.74 Å². The lowest BCUT2D eigenvalue weighted by atomic mass is 10.1. The maximum atomic E-state index is 13.0. The fraction of sp³-hybridized carbons (Fsp3) is 0.500. The summed E-state index contributed by atoms with van der Waals surface area (Å²) < 4.78 is 6.44. The Hall–Kier alpha value is -3.04. The maximum absolute atomic E-state index is 13.0. The minimum Gasteiger partial charge on any atom is -0.467 e. The Balaban J connectivity index is 2.00. The summed E-state index contributed by atoms with van der Waals surface area (Å²) >= 11 is 0. The zero-order valence-electron chi connectivity index (χ0n) is 15.2. The number of hydrogen-bond acceptors (Lipinski definition) is 7. The number of carbonyl (C=O) groups is 3. The van der Waals surface area contributed by atoms with Crippen molar-refractivity contribution in [3.8, 4) is 0 Å². The van der Waals surface area contributed by atoms with Gasteiger partial charge in [0.15, 0.2) is 6.54 Å². The van der Waals surface area contributed by atoms with Crippen molar-refractivity contribution in [1.82, 2.24) is 14.8 Å². The number of guanidine groups is 1. The van der Waals surface area contributed by atoms with Gasteiger partial charge in [-0.2, -0.15) is 0 Å². The quantitative estimate of drug-likeness (QED) is 0.381. The highest BCUT2D eigenvalue weighted by Gasteiger charge is 2.54. The van der Waals surface area contributed by atoms with E-state index in [1.54, 1.807) is 25.5 Å². The van der Waals surface area contributed by atoms with Crippen LogP contribution in [0.25, 0.3) is 0 Å². The van der Waals surface area contributed by atoms with Crippen molar-refractivity contribution >= 4 is 35.4 Å². The number of likely N-dealkylation sites (N-methyl/N-ethyl adjacent to an activating group) is 1. The molecule has 0 radical (unpaired) electrons. The number of urea groups is 1. The molecule has 0 saturated carbocycles. The van der Waals surface area contributed by atoms with Crippen molar-refractivity contribution in [2.75, 3.05) is 33.8 Å². The number of nitrogens with zero attached hydrogens (tertiary/aromatic N) is 6. The third kappa shape index (κ3) is 2.76. The van der Waals surface area contributed by atoms with E-state index in [9.17, 15) is 14.4 Å². The van der Waals surface area contributed by atoms with E-state index in [-0.39, 0.29) is 19.0 Å². The fourth-order valence-electron chi connectivity index (χ4n) is 3.11. The second-order valence-electron chi connectivity index (χ2n) is 6.49. The third-order valence-corrected chi connectivity index (χ3v) is 4.25. The van der Waals surface area contributed by atoms with Crippen LogP contribution in [0.2, 0.25) is 0 Å². The third-order valence-electron chi connectivity index (χ3n) is 4.25. The number of imide groups is 1. The highest BCUT2D eigenvalue weighted by atomic mass is 16.5. The van der Waals surface area contributed by atoms with E-state index < -0.39 is 18.0 Å². The van der Waals surface area contributed by atoms with Crippen LogP contribution in [0.5, 0.6) is 0 Å². The smallest absolute Gasteiger partial charge is 0.417 e. The molecule has 138 valence electrons. The van der Waals surface area contributed by atoms with Gasteiger partial charge in [0.25, 0.3) is 5.91 Å². The second-order valence-corrected chi connectivity index (χ2v) is 6.49. The molecule has 0 spiro atoms. The number of hydrogen-bond donors (Lipinski definition) is 0. The van der Waals surface area contributed by atoms with Gasteiger partial charge in [-0.25, -0.2) is 14.2 Å². The molecule has 1 atom stereocenters. The standard InChI is InChI=1S/C16H21N6O4/c1-9(2)6-21-14(24)12-13(19(4)16(21)25)17-15-20(12)7-10(3)18-22(15)8-11(23)26-5/h12H,1,6-8H2,2-5H3/q+1. The van der Waals surface area contributed by atoms with Crippen LogP contribution in [0.1, 0.15) is 13.8 Å². The lowest BCUT2D eigenvalue weighted by Gasteiger charge is -2.34. The van der Waals surface area contributed by atoms with Gasteiger partial charge in [0.2, 0.25) is 11.9 Å². The molecule has 10 heteroatoms. The average Bonchev–Trinajstić information content (AvgIpc) is 2.96. The van der Waals surface area contributed by atoms with Gasteiger partial charge in [-0.05, 0) is 13.8 Å². The first-order valence-electron chi connectivity index (χ1n) is 8.08. The number of ether oxygens (including phenoxy) is 1. The Bertz CT molecular complexity index is 812. The van der Waals surface area contributed by atoms with Crippen molar-refractivity contribution in [2.45, 2.75) is 19.9 Å². The molecule has 0 aromatic rings. The summed E-state index contributed by atoms with van der Waals surface area (Å²) in [6, 6.07) is -1.19. The highest BCUT2D eigenvalue weighted by Crippen LogP contribution is 2.23. The molecule has 3 amide bonds. The van der Waals surface area contributed by atoms with Gasteiger partial charge >= 0.3 is 18.0 Å². The lowest BCUT2D eigenvalue weighted by molar-refractivity contribution is -0.527. The molecule has 3 aliphatic rings. The molecule has 1 unspecified atom stereocenters. The largest absolute Gasteiger partial charge is 0.467 e. The monoisotopic (exact) mass is 361 g/mol. The average molecular weight is 361 g/mol. The van der Waals surface area contributed by atoms with Gasteiger partial charge in [0, 0.05) is 7.05 Å². The van der Waals surface area contributed by atoms with Gasteiger partial charge in [-0.3, -0.25) is 14.6 Å². The van der Waals surface area contributed by atoms with Crippen molar-refractivity contribution in [3.63, 3.8) is 0 Å². The molecule has 3 aliphatic heterocycles. The predicted octanol–water partition coefficient (Wildman–Crippen LogP) is -0.530. The van der Waals surface area contributed by atoms with Crippen LogP contribution in [-0.4, -0.2) is 94.6 Å². The molecule has 1 fully saturated rings. The van der Waals surface area contributed by atoms with Crippen molar-refractivity contribution < 1.29 is 23.7 Å². The summed E-state index contributed by atoms with van der Waals surface area (Å²) in [6.07, 6.45) is 0. The number of rotatable bonds is 4. The first-order chi connectivity index (χ1) is 12.2. The molecular weight excluding hydrogens is 340 g/mol. The summed E-state index contributed by atoms with van der Waals surface area (Å²) in [6.45, 7) is 7.73. The molecule has 10 nitrogen and oxygen atoms in total. The summed E-state index contributed by atoms with van der Waals surface area (Å²) in [4.78, 5) is 44.2. The highest BCUT2D eigenvalue weighted by molar-refractivity contribution is 6.23. The number of aliphatic imine (C=N–C) groups is 1. The van der Waals surface area contributed by atoms with Gasteiger partial charge in [0.05, 0.1) is 19.4 Å². The van der Waals surface area contributed by atoms with Crippen LogP contribution in [0.15, 0.2) is 22.2 Å². The van der Waals surface area contributed by atoms with E-state index in [2.05, 4.69) is 16.7 Å². The lowest BCUT2D eigenvalue weighted by Crippen LogP contribution is -2.63. The van der Waals surface area contributed by atoms with Crippen LogP contribution in [0.4, 0.5) is 4.79 Å². The zero-order valence-corrected chi connectivity index (χ0v) is 15.2. The second kappa shape index (κ2) is 6.36. The number of methoxy groups -OCH3 is 1. The van der Waals surface area contributed by atoms with Crippen LogP contribution < -0.4 is 0 Å². The van der Waals surface area contributed by atoms with E-state index in [1.165, 1.54) is 21.9 Å². The fourth-order valence-corrected chi connectivity index (χ4v) is 3.11. The van der Waals surface area contributed by atoms with Gasteiger partial charge in [-0.1, -0.05) is 17.1 Å². The Labute approximate surface area is 150 Å². The molecule has 1 saturated heterocycles. The van der Waals surface area contributed by atoms with Crippen molar-refractivity contribution in [2.24, 2.45) is 10.1 Å². The molecule has 0 bridgehead atoms. The molecule has 3 heterocycles. The molecule has 0 aromatic heterocycles. The Morgan fingerprint density at radius 1 is 1.38 bits per heavy atom. The van der Waals surface area contributed by atoms with Gasteiger partial charge in [0.1, 0.15) is 6.54 Å². The molecule has 0 N–H and O–H groups in total. The number of carbonyl (C=O) groups excluding carboxylic acids is 3. The number of esters is 1.